The Labute approximate surface area is 127 Å². The van der Waals surface area contributed by atoms with Crippen LogP contribution < -0.4 is 10.5 Å². The number of nitrogens with one attached hydrogen (secondary N) is 1. The summed E-state index contributed by atoms with van der Waals surface area (Å²) in [5.74, 6) is 0.699. The molecular formula is C14H26N4O2S. The molecule has 0 saturated heterocycles. The highest BCUT2D eigenvalue weighted by Gasteiger charge is 2.28. The van der Waals surface area contributed by atoms with Crippen molar-refractivity contribution in [2.75, 3.05) is 5.73 Å². The molecule has 1 fully saturated rings. The van der Waals surface area contributed by atoms with Gasteiger partial charge >= 0.3 is 0 Å². The molecular weight excluding hydrogens is 288 g/mol. The average molecular weight is 314 g/mol. The van der Waals surface area contributed by atoms with Crippen molar-refractivity contribution in [1.29, 1.82) is 0 Å². The van der Waals surface area contributed by atoms with Gasteiger partial charge in [-0.05, 0) is 25.2 Å². The van der Waals surface area contributed by atoms with Gasteiger partial charge in [0, 0.05) is 18.8 Å². The molecule has 2 unspecified atom stereocenters. The monoisotopic (exact) mass is 314 g/mol. The molecule has 0 aromatic carbocycles. The lowest BCUT2D eigenvalue weighted by atomic mass is 9.85. The van der Waals surface area contributed by atoms with Gasteiger partial charge in [-0.3, -0.25) is 4.68 Å². The Hall–Kier alpha value is -1.08. The molecule has 7 heteroatoms. The van der Waals surface area contributed by atoms with Crippen molar-refractivity contribution in [1.82, 2.24) is 14.5 Å². The molecule has 1 heterocycles. The van der Waals surface area contributed by atoms with E-state index in [-0.39, 0.29) is 16.8 Å². The first-order valence-electron chi connectivity index (χ1n) is 7.81. The Kier molecular flexibility index (Phi) is 5.27. The summed E-state index contributed by atoms with van der Waals surface area (Å²) >= 11 is 0. The van der Waals surface area contributed by atoms with E-state index in [0.717, 1.165) is 32.1 Å². The number of rotatable bonds is 6. The Balaban J connectivity index is 2.11. The predicted octanol–water partition coefficient (Wildman–Crippen LogP) is 2.12. The third kappa shape index (κ3) is 3.97. The molecule has 3 N–H and O–H groups in total. The molecule has 1 aliphatic carbocycles. The summed E-state index contributed by atoms with van der Waals surface area (Å²) in [6.45, 7) is 4.84. The van der Waals surface area contributed by atoms with Gasteiger partial charge in [-0.25, -0.2) is 13.1 Å². The van der Waals surface area contributed by atoms with Crippen LogP contribution in [0.4, 0.5) is 5.82 Å². The Morgan fingerprint density at radius 1 is 1.43 bits per heavy atom. The fourth-order valence-electron chi connectivity index (χ4n) is 3.02. The molecule has 1 saturated carbocycles. The van der Waals surface area contributed by atoms with E-state index in [1.807, 2.05) is 6.92 Å². The number of sulfonamides is 1. The van der Waals surface area contributed by atoms with Gasteiger partial charge in [0.1, 0.15) is 4.90 Å². The predicted molar refractivity (Wildman–Crippen MR) is 83.3 cm³/mol. The van der Waals surface area contributed by atoms with Crippen molar-refractivity contribution in [3.05, 3.63) is 6.20 Å². The number of hydrogen-bond acceptors (Lipinski definition) is 4. The fourth-order valence-corrected chi connectivity index (χ4v) is 4.38. The van der Waals surface area contributed by atoms with E-state index < -0.39 is 10.0 Å². The largest absolute Gasteiger partial charge is 0.381 e. The lowest BCUT2D eigenvalue weighted by molar-refractivity contribution is 0.301. The van der Waals surface area contributed by atoms with Crippen molar-refractivity contribution in [2.24, 2.45) is 5.92 Å². The van der Waals surface area contributed by atoms with Crippen LogP contribution in [0.15, 0.2) is 11.1 Å². The van der Waals surface area contributed by atoms with Crippen LogP contribution in [0, 0.1) is 5.92 Å². The second-order valence-electron chi connectivity index (χ2n) is 5.90. The van der Waals surface area contributed by atoms with Gasteiger partial charge in [-0.1, -0.05) is 33.1 Å². The van der Waals surface area contributed by atoms with Crippen LogP contribution in [0.2, 0.25) is 0 Å². The zero-order chi connectivity index (χ0) is 15.5. The van der Waals surface area contributed by atoms with Crippen molar-refractivity contribution in [3.63, 3.8) is 0 Å². The summed E-state index contributed by atoms with van der Waals surface area (Å²) < 4.78 is 29.4. The number of nitrogens with zero attached hydrogens (tertiary/aromatic N) is 2. The van der Waals surface area contributed by atoms with E-state index in [4.69, 9.17) is 5.73 Å². The standard InChI is InChI=1S/C14H26N4O2S/c1-3-8-18-10-13(14(15)16-18)21(19,20)17-12-7-5-6-11(4-2)9-12/h10-12,17H,3-9H2,1-2H3,(H2,15,16). The third-order valence-electron chi connectivity index (χ3n) is 4.18. The van der Waals surface area contributed by atoms with Crippen LogP contribution >= 0.6 is 0 Å². The van der Waals surface area contributed by atoms with Crippen LogP contribution in [0.5, 0.6) is 0 Å². The number of aromatic nitrogens is 2. The SMILES string of the molecule is CCCn1cc(S(=O)(=O)NC2CCCC(CC)C2)c(N)n1. The lowest BCUT2D eigenvalue weighted by Crippen LogP contribution is -2.38. The summed E-state index contributed by atoms with van der Waals surface area (Å²) in [5, 5.41) is 4.07. The number of anilines is 1. The molecule has 2 rings (SSSR count). The minimum Gasteiger partial charge on any atom is -0.381 e. The molecule has 0 bridgehead atoms. The van der Waals surface area contributed by atoms with Crippen LogP contribution in [-0.4, -0.2) is 24.2 Å². The fraction of sp³-hybridized carbons (Fsp3) is 0.786. The highest BCUT2D eigenvalue weighted by atomic mass is 32.2. The van der Waals surface area contributed by atoms with Crippen LogP contribution in [0.3, 0.4) is 0 Å². The van der Waals surface area contributed by atoms with E-state index in [2.05, 4.69) is 16.7 Å². The zero-order valence-electron chi connectivity index (χ0n) is 12.9. The van der Waals surface area contributed by atoms with Crippen LogP contribution in [0.1, 0.15) is 52.4 Å². The van der Waals surface area contributed by atoms with Crippen molar-refractivity contribution in [2.45, 2.75) is 69.9 Å². The van der Waals surface area contributed by atoms with Crippen LogP contribution in [-0.2, 0) is 16.6 Å². The minimum absolute atomic E-state index is 0.0163. The first-order valence-corrected chi connectivity index (χ1v) is 9.29. The molecule has 6 nitrogen and oxygen atoms in total. The Morgan fingerprint density at radius 3 is 2.86 bits per heavy atom. The number of aryl methyl sites for hydroxylation is 1. The normalized spacial score (nSPS) is 23.3. The highest BCUT2D eigenvalue weighted by Crippen LogP contribution is 2.28. The molecule has 1 aliphatic rings. The minimum atomic E-state index is -3.58. The molecule has 120 valence electrons. The Morgan fingerprint density at radius 2 is 2.19 bits per heavy atom. The molecule has 2 atom stereocenters. The number of nitrogen functional groups attached to an aromatic ring is 1. The molecule has 1 aromatic rings. The maximum atomic E-state index is 12.5. The smallest absolute Gasteiger partial charge is 0.246 e. The quantitative estimate of drug-likeness (QED) is 0.841. The first-order chi connectivity index (χ1) is 9.96. The zero-order valence-corrected chi connectivity index (χ0v) is 13.7. The first kappa shape index (κ1) is 16.3. The molecule has 0 amide bonds. The highest BCUT2D eigenvalue weighted by molar-refractivity contribution is 7.89. The van der Waals surface area contributed by atoms with Gasteiger partial charge in [0.25, 0.3) is 0 Å². The summed E-state index contributed by atoms with van der Waals surface area (Å²) in [4.78, 5) is 0.106. The lowest BCUT2D eigenvalue weighted by Gasteiger charge is -2.28. The van der Waals surface area contributed by atoms with E-state index >= 15 is 0 Å². The van der Waals surface area contributed by atoms with Gasteiger partial charge in [0.2, 0.25) is 10.0 Å². The topological polar surface area (TPSA) is 90.0 Å². The maximum absolute atomic E-state index is 12.5. The molecule has 1 aromatic heterocycles. The molecule has 0 spiro atoms. The Bertz CT molecular complexity index is 568. The molecule has 0 aliphatic heterocycles. The second-order valence-corrected chi connectivity index (χ2v) is 7.58. The third-order valence-corrected chi connectivity index (χ3v) is 5.72. The van der Waals surface area contributed by atoms with E-state index in [0.29, 0.717) is 12.5 Å². The van der Waals surface area contributed by atoms with Gasteiger partial charge in [0.15, 0.2) is 5.82 Å². The van der Waals surface area contributed by atoms with Gasteiger partial charge in [-0.15, -0.1) is 0 Å². The van der Waals surface area contributed by atoms with E-state index in [1.54, 1.807) is 4.68 Å². The summed E-state index contributed by atoms with van der Waals surface area (Å²) in [6, 6.07) is 0.0163. The van der Waals surface area contributed by atoms with Crippen molar-refractivity contribution < 1.29 is 8.42 Å². The van der Waals surface area contributed by atoms with E-state index in [1.165, 1.54) is 12.6 Å². The summed E-state index contributed by atoms with van der Waals surface area (Å²) in [5.41, 5.74) is 5.77. The van der Waals surface area contributed by atoms with Gasteiger partial charge in [0.05, 0.1) is 0 Å². The second kappa shape index (κ2) is 6.79. The van der Waals surface area contributed by atoms with Gasteiger partial charge < -0.3 is 5.73 Å². The maximum Gasteiger partial charge on any atom is 0.246 e. The average Bonchev–Trinajstić information content (AvgIpc) is 2.81. The van der Waals surface area contributed by atoms with Gasteiger partial charge in [-0.2, -0.15) is 5.10 Å². The molecule has 0 radical (unpaired) electrons. The van der Waals surface area contributed by atoms with E-state index in [9.17, 15) is 8.42 Å². The number of nitrogens with two attached hydrogens (primary N) is 1. The van der Waals surface area contributed by atoms with Crippen LogP contribution in [0.25, 0.3) is 0 Å². The summed E-state index contributed by atoms with van der Waals surface area (Å²) in [7, 11) is -3.58. The molecule has 21 heavy (non-hydrogen) atoms. The van der Waals surface area contributed by atoms with Crippen molar-refractivity contribution >= 4 is 15.8 Å². The number of hydrogen-bond donors (Lipinski definition) is 2. The summed E-state index contributed by atoms with van der Waals surface area (Å²) in [6.07, 6.45) is 7.62. The van der Waals surface area contributed by atoms with Crippen molar-refractivity contribution in [3.8, 4) is 0 Å².